The molecule has 0 radical (unpaired) electrons. The Morgan fingerprint density at radius 2 is 1.86 bits per heavy atom. The van der Waals surface area contributed by atoms with Crippen molar-refractivity contribution < 1.29 is 14.3 Å². The third-order valence-electron chi connectivity index (χ3n) is 3.89. The number of nitrogens with two attached hydrogens (primary N) is 1. The van der Waals surface area contributed by atoms with Gasteiger partial charge >= 0.3 is 11.7 Å². The lowest BCUT2D eigenvalue weighted by Crippen LogP contribution is -2.43. The van der Waals surface area contributed by atoms with E-state index in [1.807, 2.05) is 13.8 Å². The topological polar surface area (TPSA) is 113 Å². The summed E-state index contributed by atoms with van der Waals surface area (Å²) in [6.45, 7) is 3.18. The van der Waals surface area contributed by atoms with E-state index in [-0.39, 0.29) is 33.9 Å². The molecule has 10 heteroatoms. The molecule has 0 aliphatic carbocycles. The number of carbonyl (C=O) groups excluding carboxylic acids is 2. The van der Waals surface area contributed by atoms with Gasteiger partial charge in [-0.25, -0.2) is 9.59 Å². The van der Waals surface area contributed by atoms with E-state index in [2.05, 4.69) is 0 Å². The highest BCUT2D eigenvalue weighted by Gasteiger charge is 2.23. The van der Waals surface area contributed by atoms with Gasteiger partial charge in [-0.3, -0.25) is 18.7 Å². The molecule has 0 saturated carbocycles. The molecular formula is C18H19Cl2N3O5. The summed E-state index contributed by atoms with van der Waals surface area (Å²) >= 11 is 11.8. The van der Waals surface area contributed by atoms with Crippen molar-refractivity contribution in [1.29, 1.82) is 0 Å². The van der Waals surface area contributed by atoms with E-state index in [4.69, 9.17) is 33.7 Å². The summed E-state index contributed by atoms with van der Waals surface area (Å²) in [7, 11) is 1.25. The van der Waals surface area contributed by atoms with Gasteiger partial charge in [0.2, 0.25) is 5.78 Å². The van der Waals surface area contributed by atoms with Gasteiger partial charge in [-0.15, -0.1) is 0 Å². The summed E-state index contributed by atoms with van der Waals surface area (Å²) in [5.74, 6) is -1.93. The van der Waals surface area contributed by atoms with Crippen LogP contribution in [0.1, 0.15) is 34.6 Å². The van der Waals surface area contributed by atoms with Crippen LogP contribution < -0.4 is 17.0 Å². The average molecular weight is 428 g/mol. The highest BCUT2D eigenvalue weighted by Crippen LogP contribution is 2.21. The van der Waals surface area contributed by atoms with Crippen LogP contribution in [0.15, 0.2) is 27.8 Å². The number of benzene rings is 1. The molecule has 0 fully saturated rings. The van der Waals surface area contributed by atoms with Crippen LogP contribution in [0.3, 0.4) is 0 Å². The molecule has 0 aliphatic heterocycles. The Kier molecular flexibility index (Phi) is 6.69. The number of esters is 1. The van der Waals surface area contributed by atoms with Gasteiger partial charge in [-0.05, 0) is 24.1 Å². The number of Topliss-reactive ketones (excluding diaryl/α,β-unsaturated/α-hetero) is 1. The highest BCUT2D eigenvalue weighted by atomic mass is 35.5. The fourth-order valence-electron chi connectivity index (χ4n) is 2.52. The second-order valence-electron chi connectivity index (χ2n) is 6.53. The number of carbonyl (C=O) groups is 2. The van der Waals surface area contributed by atoms with Crippen molar-refractivity contribution in [3.05, 3.63) is 60.2 Å². The number of rotatable bonds is 6. The van der Waals surface area contributed by atoms with E-state index in [1.54, 1.807) is 0 Å². The smallest absolute Gasteiger partial charge is 0.340 e. The standard InChI is InChI=1S/C18H19Cl2N3O5/c1-9(2)7-23-15(21)14(16(25)22(3)18(23)27)13(24)8-28-17(26)11-6-10(19)4-5-12(11)20/h4-6,9H,7-8,21H2,1-3H3. The van der Waals surface area contributed by atoms with E-state index in [0.717, 1.165) is 9.13 Å². The number of ether oxygens (including phenoxy) is 1. The summed E-state index contributed by atoms with van der Waals surface area (Å²) in [6, 6.07) is 4.21. The van der Waals surface area contributed by atoms with Gasteiger partial charge < -0.3 is 10.5 Å². The summed E-state index contributed by atoms with van der Waals surface area (Å²) in [5.41, 5.74) is 4.00. The molecule has 0 bridgehead atoms. The van der Waals surface area contributed by atoms with Gasteiger partial charge in [0.25, 0.3) is 5.56 Å². The first kappa shape index (κ1) is 21.7. The SMILES string of the molecule is CC(C)Cn1c(N)c(C(=O)COC(=O)c2cc(Cl)ccc2Cl)c(=O)n(C)c1=O. The fraction of sp³-hybridized carbons (Fsp3) is 0.333. The first-order valence-corrected chi connectivity index (χ1v) is 9.04. The van der Waals surface area contributed by atoms with E-state index in [1.165, 1.54) is 25.2 Å². The van der Waals surface area contributed by atoms with Gasteiger partial charge in [-0.2, -0.15) is 0 Å². The minimum Gasteiger partial charge on any atom is -0.454 e. The second-order valence-corrected chi connectivity index (χ2v) is 7.38. The quantitative estimate of drug-likeness (QED) is 0.557. The lowest BCUT2D eigenvalue weighted by atomic mass is 10.1. The molecule has 150 valence electrons. The molecule has 2 N–H and O–H groups in total. The number of anilines is 1. The Hall–Kier alpha value is -2.58. The molecule has 2 rings (SSSR count). The van der Waals surface area contributed by atoms with Gasteiger partial charge in [0.15, 0.2) is 6.61 Å². The first-order chi connectivity index (χ1) is 13.0. The maximum Gasteiger partial charge on any atom is 0.340 e. The minimum absolute atomic E-state index is 0.0207. The fourth-order valence-corrected chi connectivity index (χ4v) is 2.89. The molecule has 8 nitrogen and oxygen atoms in total. The number of nitrogens with zero attached hydrogens (tertiary/aromatic N) is 2. The van der Waals surface area contributed by atoms with Crippen molar-refractivity contribution in [2.75, 3.05) is 12.3 Å². The lowest BCUT2D eigenvalue weighted by molar-refractivity contribution is 0.0474. The number of hydrogen-bond donors (Lipinski definition) is 1. The summed E-state index contributed by atoms with van der Waals surface area (Å²) in [5, 5.41) is 0.365. The highest BCUT2D eigenvalue weighted by molar-refractivity contribution is 6.35. The molecule has 0 atom stereocenters. The number of nitrogen functional groups attached to an aromatic ring is 1. The molecular weight excluding hydrogens is 409 g/mol. The van der Waals surface area contributed by atoms with E-state index >= 15 is 0 Å². The Morgan fingerprint density at radius 3 is 2.46 bits per heavy atom. The van der Waals surface area contributed by atoms with E-state index in [0.29, 0.717) is 0 Å². The summed E-state index contributed by atoms with van der Waals surface area (Å²) in [4.78, 5) is 49.3. The zero-order chi connectivity index (χ0) is 21.2. The van der Waals surface area contributed by atoms with Gasteiger partial charge in [0.1, 0.15) is 11.4 Å². The summed E-state index contributed by atoms with van der Waals surface area (Å²) < 4.78 is 6.90. The van der Waals surface area contributed by atoms with Crippen LogP contribution >= 0.6 is 23.2 Å². The van der Waals surface area contributed by atoms with Crippen LogP contribution in [0.2, 0.25) is 10.0 Å². The maximum atomic E-state index is 12.5. The van der Waals surface area contributed by atoms with Crippen molar-refractivity contribution in [2.24, 2.45) is 13.0 Å². The van der Waals surface area contributed by atoms with Crippen molar-refractivity contribution in [1.82, 2.24) is 9.13 Å². The second kappa shape index (κ2) is 8.62. The Morgan fingerprint density at radius 1 is 1.21 bits per heavy atom. The molecule has 1 aromatic heterocycles. The van der Waals surface area contributed by atoms with Crippen molar-refractivity contribution in [2.45, 2.75) is 20.4 Å². The number of halogens is 2. The molecule has 0 amide bonds. The zero-order valence-electron chi connectivity index (χ0n) is 15.5. The van der Waals surface area contributed by atoms with Crippen molar-refractivity contribution in [3.8, 4) is 0 Å². The predicted molar refractivity (Wildman–Crippen MR) is 106 cm³/mol. The van der Waals surface area contributed by atoms with Crippen LogP contribution in [-0.2, 0) is 18.3 Å². The molecule has 2 aromatic rings. The monoisotopic (exact) mass is 427 g/mol. The third kappa shape index (κ3) is 4.45. The van der Waals surface area contributed by atoms with Crippen LogP contribution in [-0.4, -0.2) is 27.5 Å². The molecule has 28 heavy (non-hydrogen) atoms. The minimum atomic E-state index is -0.883. The largest absolute Gasteiger partial charge is 0.454 e. The van der Waals surface area contributed by atoms with Gasteiger partial charge in [0, 0.05) is 18.6 Å². The number of aromatic nitrogens is 2. The lowest BCUT2D eigenvalue weighted by Gasteiger charge is -2.16. The van der Waals surface area contributed by atoms with Crippen LogP contribution in [0.5, 0.6) is 0 Å². The number of hydrogen-bond acceptors (Lipinski definition) is 6. The summed E-state index contributed by atoms with van der Waals surface area (Å²) in [6.07, 6.45) is 0. The molecule has 0 spiro atoms. The Balaban J connectivity index is 2.33. The van der Waals surface area contributed by atoms with Crippen LogP contribution in [0.4, 0.5) is 5.82 Å². The van der Waals surface area contributed by atoms with Crippen molar-refractivity contribution in [3.63, 3.8) is 0 Å². The van der Waals surface area contributed by atoms with Crippen LogP contribution in [0, 0.1) is 5.92 Å². The molecule has 1 aromatic carbocycles. The predicted octanol–water partition coefficient (Wildman–Crippen LogP) is 2.13. The van der Waals surface area contributed by atoms with Gasteiger partial charge in [0.05, 0.1) is 10.6 Å². The Bertz CT molecular complexity index is 1060. The van der Waals surface area contributed by atoms with E-state index < -0.39 is 35.2 Å². The molecule has 0 unspecified atom stereocenters. The maximum absolute atomic E-state index is 12.5. The first-order valence-electron chi connectivity index (χ1n) is 8.29. The average Bonchev–Trinajstić information content (AvgIpc) is 2.63. The van der Waals surface area contributed by atoms with E-state index in [9.17, 15) is 19.2 Å². The third-order valence-corrected chi connectivity index (χ3v) is 4.46. The molecule has 0 aliphatic rings. The van der Waals surface area contributed by atoms with Gasteiger partial charge in [-0.1, -0.05) is 37.0 Å². The molecule has 0 saturated heterocycles. The normalized spacial score (nSPS) is 10.9. The Labute approximate surface area is 170 Å². The number of ketones is 1. The molecule has 1 heterocycles. The van der Waals surface area contributed by atoms with Crippen LogP contribution in [0.25, 0.3) is 0 Å². The van der Waals surface area contributed by atoms with Crippen molar-refractivity contribution >= 4 is 40.8 Å². The zero-order valence-corrected chi connectivity index (χ0v) is 17.0.